The van der Waals surface area contributed by atoms with E-state index in [1.807, 2.05) is 18.2 Å². The molecule has 2 heterocycles. The molecule has 8 heteroatoms. The summed E-state index contributed by atoms with van der Waals surface area (Å²) in [4.78, 5) is 17.2. The number of aromatic nitrogens is 1. The van der Waals surface area contributed by atoms with E-state index in [0.29, 0.717) is 40.3 Å². The fourth-order valence-corrected chi connectivity index (χ4v) is 7.36. The van der Waals surface area contributed by atoms with Crippen molar-refractivity contribution >= 4 is 48.2 Å². The first-order valence-electron chi connectivity index (χ1n) is 14.5. The normalized spacial score (nSPS) is 23.5. The minimum absolute atomic E-state index is 0.0204. The molecule has 3 atom stereocenters. The number of fused-ring (bicyclic) bond motifs is 4. The van der Waals surface area contributed by atoms with Gasteiger partial charge in [0.25, 0.3) is 0 Å². The van der Waals surface area contributed by atoms with E-state index < -0.39 is 13.7 Å². The van der Waals surface area contributed by atoms with E-state index in [4.69, 9.17) is 37.1 Å². The standard InChI is InChI=1S/C33H43Cl2NO4Si/c1-18-22(27(40-33(18,7)8)17-39-41(9,10)31(2,3)4)16-38-19-11-12-20-23(13-19)32(5,6)30-28(29(20)37)21-14-24(34)25(35)15-26(21)36-30/h11-15,18,22,27,36H,16-17H2,1-10H3/t18?,22-,27+/m0/s1. The van der Waals surface area contributed by atoms with Gasteiger partial charge in [-0.3, -0.25) is 4.79 Å². The molecule has 2 aliphatic rings. The number of benzene rings is 2. The molecular formula is C33H43Cl2NO4Si. The fraction of sp³-hybridized carbons (Fsp3) is 0.545. The van der Waals surface area contributed by atoms with E-state index in [1.54, 1.807) is 12.1 Å². The number of carbonyl (C=O) groups excluding carboxylic acids is 1. The highest BCUT2D eigenvalue weighted by Crippen LogP contribution is 2.46. The van der Waals surface area contributed by atoms with E-state index in [-0.39, 0.29) is 28.4 Å². The van der Waals surface area contributed by atoms with Crippen LogP contribution in [0, 0.1) is 11.8 Å². The van der Waals surface area contributed by atoms with Gasteiger partial charge in [-0.15, -0.1) is 0 Å². The summed E-state index contributed by atoms with van der Waals surface area (Å²) in [6, 6.07) is 9.39. The van der Waals surface area contributed by atoms with Crippen LogP contribution >= 0.6 is 23.2 Å². The molecule has 1 aliphatic heterocycles. The summed E-state index contributed by atoms with van der Waals surface area (Å²) in [6.45, 7) is 23.2. The first-order chi connectivity index (χ1) is 18.8. The zero-order valence-corrected chi connectivity index (χ0v) is 28.4. The molecule has 0 bridgehead atoms. The SMILES string of the molecule is CC1[C@H](COc2ccc3c(c2)C(C)(C)c2[nH]c4cc(Cl)c(Cl)cc4c2C3=O)[C@@H](CO[Si](C)(C)C(C)(C)C)OC1(C)C. The molecule has 0 saturated carbocycles. The van der Waals surface area contributed by atoms with Crippen LogP contribution in [0.1, 0.15) is 82.6 Å². The van der Waals surface area contributed by atoms with Gasteiger partial charge in [0, 0.05) is 33.5 Å². The maximum Gasteiger partial charge on any atom is 0.195 e. The molecular weight excluding hydrogens is 573 g/mol. The molecule has 5 nitrogen and oxygen atoms in total. The van der Waals surface area contributed by atoms with E-state index in [1.165, 1.54) is 0 Å². The van der Waals surface area contributed by atoms with Crippen molar-refractivity contribution in [2.45, 2.75) is 90.6 Å². The van der Waals surface area contributed by atoms with E-state index >= 15 is 0 Å². The first kappa shape index (κ1) is 30.6. The van der Waals surface area contributed by atoms with Crippen LogP contribution in [0.25, 0.3) is 10.9 Å². The number of rotatable bonds is 6. The molecule has 1 N–H and O–H groups in total. The molecule has 1 unspecified atom stereocenters. The Bertz CT molecular complexity index is 1520. The number of aromatic amines is 1. The number of H-pyrrole nitrogens is 1. The van der Waals surface area contributed by atoms with Crippen LogP contribution in [-0.2, 0) is 14.6 Å². The van der Waals surface area contributed by atoms with Crippen LogP contribution in [0.4, 0.5) is 0 Å². The minimum atomic E-state index is -1.91. The van der Waals surface area contributed by atoms with Gasteiger partial charge in [-0.05, 0) is 73.8 Å². The number of hydrogen-bond donors (Lipinski definition) is 1. The maximum absolute atomic E-state index is 13.8. The summed E-state index contributed by atoms with van der Waals surface area (Å²) >= 11 is 12.6. The van der Waals surface area contributed by atoms with Gasteiger partial charge in [0.15, 0.2) is 14.1 Å². The van der Waals surface area contributed by atoms with E-state index in [9.17, 15) is 4.79 Å². The minimum Gasteiger partial charge on any atom is -0.493 e. The van der Waals surface area contributed by atoms with Crippen LogP contribution in [0.2, 0.25) is 28.2 Å². The summed E-state index contributed by atoms with van der Waals surface area (Å²) < 4.78 is 19.6. The van der Waals surface area contributed by atoms with Gasteiger partial charge in [-0.1, -0.05) is 64.7 Å². The topological polar surface area (TPSA) is 60.6 Å². The molecule has 1 aromatic heterocycles. The second-order valence-electron chi connectivity index (χ2n) is 14.4. The number of ketones is 1. The Hall–Kier alpha value is -1.83. The molecule has 0 radical (unpaired) electrons. The highest BCUT2D eigenvalue weighted by molar-refractivity contribution is 6.74. The van der Waals surface area contributed by atoms with Crippen molar-refractivity contribution in [3.8, 4) is 5.75 Å². The van der Waals surface area contributed by atoms with Crippen molar-refractivity contribution < 1.29 is 18.7 Å². The van der Waals surface area contributed by atoms with Crippen molar-refractivity contribution in [3.05, 3.63) is 62.8 Å². The van der Waals surface area contributed by atoms with E-state index in [0.717, 1.165) is 27.9 Å². The number of ether oxygens (including phenoxy) is 2. The lowest BCUT2D eigenvalue weighted by molar-refractivity contribution is -0.0504. The van der Waals surface area contributed by atoms with Gasteiger partial charge in [-0.25, -0.2) is 0 Å². The molecule has 41 heavy (non-hydrogen) atoms. The Morgan fingerprint density at radius 2 is 1.68 bits per heavy atom. The third-order valence-corrected chi connectivity index (χ3v) is 15.4. The molecule has 0 spiro atoms. The Morgan fingerprint density at radius 3 is 2.34 bits per heavy atom. The van der Waals surface area contributed by atoms with Gasteiger partial charge in [0.05, 0.1) is 40.5 Å². The Balaban J connectivity index is 1.40. The molecule has 1 fully saturated rings. The number of carbonyl (C=O) groups is 1. The van der Waals surface area contributed by atoms with Crippen molar-refractivity contribution in [2.75, 3.05) is 13.2 Å². The molecule has 1 saturated heterocycles. The molecule has 2 aromatic carbocycles. The molecule has 5 rings (SSSR count). The fourth-order valence-electron chi connectivity index (χ4n) is 6.02. The Labute approximate surface area is 255 Å². The lowest BCUT2D eigenvalue weighted by Crippen LogP contribution is -2.44. The van der Waals surface area contributed by atoms with Crippen molar-refractivity contribution in [3.63, 3.8) is 0 Å². The third-order valence-electron chi connectivity index (χ3n) is 10.1. The zero-order valence-electron chi connectivity index (χ0n) is 25.9. The molecule has 3 aromatic rings. The van der Waals surface area contributed by atoms with E-state index in [2.05, 4.69) is 73.5 Å². The third kappa shape index (κ3) is 5.18. The highest BCUT2D eigenvalue weighted by Gasteiger charge is 2.48. The van der Waals surface area contributed by atoms with Gasteiger partial charge in [0.1, 0.15) is 5.75 Å². The van der Waals surface area contributed by atoms with Crippen molar-refractivity contribution in [2.24, 2.45) is 11.8 Å². The molecule has 1 aliphatic carbocycles. The predicted molar refractivity (Wildman–Crippen MR) is 171 cm³/mol. The Morgan fingerprint density at radius 1 is 1.02 bits per heavy atom. The summed E-state index contributed by atoms with van der Waals surface area (Å²) in [6.07, 6.45) is -0.0441. The Kier molecular flexibility index (Phi) is 7.56. The average Bonchev–Trinajstić information content (AvgIpc) is 3.34. The summed E-state index contributed by atoms with van der Waals surface area (Å²) in [5.41, 5.74) is 3.22. The summed E-state index contributed by atoms with van der Waals surface area (Å²) in [5.74, 6) is 1.19. The van der Waals surface area contributed by atoms with Crippen LogP contribution in [0.15, 0.2) is 30.3 Å². The lowest BCUT2D eigenvalue weighted by atomic mass is 9.71. The summed E-state index contributed by atoms with van der Waals surface area (Å²) in [7, 11) is -1.91. The highest BCUT2D eigenvalue weighted by atomic mass is 35.5. The maximum atomic E-state index is 13.8. The average molecular weight is 617 g/mol. The monoisotopic (exact) mass is 615 g/mol. The van der Waals surface area contributed by atoms with Gasteiger partial charge in [0.2, 0.25) is 0 Å². The zero-order chi connectivity index (χ0) is 30.3. The van der Waals surface area contributed by atoms with Gasteiger partial charge < -0.3 is 18.9 Å². The number of hydrogen-bond acceptors (Lipinski definition) is 4. The lowest BCUT2D eigenvalue weighted by Gasteiger charge is -2.37. The van der Waals surface area contributed by atoms with Crippen LogP contribution < -0.4 is 4.74 Å². The smallest absolute Gasteiger partial charge is 0.195 e. The predicted octanol–water partition coefficient (Wildman–Crippen LogP) is 9.18. The number of halogens is 2. The number of nitrogens with one attached hydrogen (secondary N) is 1. The quantitative estimate of drug-likeness (QED) is 0.281. The first-order valence-corrected chi connectivity index (χ1v) is 18.2. The second kappa shape index (κ2) is 10.1. The second-order valence-corrected chi connectivity index (χ2v) is 20.1. The van der Waals surface area contributed by atoms with Crippen LogP contribution in [0.5, 0.6) is 5.75 Å². The van der Waals surface area contributed by atoms with Crippen LogP contribution in [-0.4, -0.2) is 44.0 Å². The molecule has 0 amide bonds. The van der Waals surface area contributed by atoms with Gasteiger partial charge >= 0.3 is 0 Å². The van der Waals surface area contributed by atoms with Crippen molar-refractivity contribution in [1.29, 1.82) is 0 Å². The van der Waals surface area contributed by atoms with Gasteiger partial charge in [-0.2, -0.15) is 0 Å². The summed E-state index contributed by atoms with van der Waals surface area (Å²) in [5, 5.41) is 1.82. The van der Waals surface area contributed by atoms with Crippen molar-refractivity contribution in [1.82, 2.24) is 4.98 Å². The molecule has 222 valence electrons. The van der Waals surface area contributed by atoms with Crippen LogP contribution in [0.3, 0.4) is 0 Å². The largest absolute Gasteiger partial charge is 0.493 e.